The number of hydrogen-bond acceptors (Lipinski definition) is 0. The number of allylic oxidation sites excluding steroid dienone is 3. The second-order valence-corrected chi connectivity index (χ2v) is 5.57. The summed E-state index contributed by atoms with van der Waals surface area (Å²) in [4.78, 5) is 0. The molecule has 0 heteroatoms. The second kappa shape index (κ2) is 5.86. The van der Waals surface area contributed by atoms with Gasteiger partial charge in [-0.25, -0.2) is 0 Å². The highest BCUT2D eigenvalue weighted by Crippen LogP contribution is 2.22. The standard InChI is InChI=1S/C17H24/c1-6-7-8-14(2)13-15-9-11-16(12-10-15)17(3,4)5/h7-13H,6H2,1-5H3/b8-7+,14-13+. The van der Waals surface area contributed by atoms with E-state index in [1.807, 2.05) is 0 Å². The van der Waals surface area contributed by atoms with Gasteiger partial charge in [-0.1, -0.05) is 75.8 Å². The van der Waals surface area contributed by atoms with Gasteiger partial charge in [0.15, 0.2) is 0 Å². The van der Waals surface area contributed by atoms with Crippen molar-refractivity contribution in [3.05, 3.63) is 53.1 Å². The minimum absolute atomic E-state index is 0.236. The maximum absolute atomic E-state index is 2.24. The van der Waals surface area contributed by atoms with E-state index in [1.54, 1.807) is 0 Å². The molecule has 0 aromatic heterocycles. The third-order valence-electron chi connectivity index (χ3n) is 2.79. The van der Waals surface area contributed by atoms with Crippen LogP contribution >= 0.6 is 0 Å². The van der Waals surface area contributed by atoms with Gasteiger partial charge in [0.25, 0.3) is 0 Å². The fourth-order valence-corrected chi connectivity index (χ4v) is 1.69. The normalized spacial score (nSPS) is 13.4. The molecule has 0 bridgehead atoms. The van der Waals surface area contributed by atoms with Crippen LogP contribution in [0.5, 0.6) is 0 Å². The van der Waals surface area contributed by atoms with Gasteiger partial charge in [-0.15, -0.1) is 0 Å². The van der Waals surface area contributed by atoms with Crippen LogP contribution in [-0.4, -0.2) is 0 Å². The lowest BCUT2D eigenvalue weighted by molar-refractivity contribution is 0.590. The van der Waals surface area contributed by atoms with Gasteiger partial charge < -0.3 is 0 Å². The Bertz CT molecular complexity index is 397. The van der Waals surface area contributed by atoms with E-state index in [9.17, 15) is 0 Å². The summed E-state index contributed by atoms with van der Waals surface area (Å²) in [6.07, 6.45) is 7.68. The van der Waals surface area contributed by atoms with Crippen molar-refractivity contribution in [1.29, 1.82) is 0 Å². The fraction of sp³-hybridized carbons (Fsp3) is 0.412. The van der Waals surface area contributed by atoms with E-state index in [-0.39, 0.29) is 5.41 Å². The zero-order valence-corrected chi connectivity index (χ0v) is 11.7. The summed E-state index contributed by atoms with van der Waals surface area (Å²) < 4.78 is 0. The van der Waals surface area contributed by atoms with Crippen LogP contribution in [-0.2, 0) is 5.41 Å². The molecule has 17 heavy (non-hydrogen) atoms. The Hall–Kier alpha value is -1.30. The maximum atomic E-state index is 2.24. The Labute approximate surface area is 106 Å². The molecule has 0 aliphatic rings. The minimum Gasteiger partial charge on any atom is -0.0845 e. The summed E-state index contributed by atoms with van der Waals surface area (Å²) in [5, 5.41) is 0. The topological polar surface area (TPSA) is 0 Å². The first-order valence-corrected chi connectivity index (χ1v) is 6.39. The van der Waals surface area contributed by atoms with Crippen LogP contribution in [0.1, 0.15) is 52.2 Å². The number of rotatable bonds is 3. The SMILES string of the molecule is CC/C=C/C(C)=C/c1ccc(C(C)(C)C)cc1. The summed E-state index contributed by atoms with van der Waals surface area (Å²) in [5.74, 6) is 0. The van der Waals surface area contributed by atoms with Crippen molar-refractivity contribution in [2.45, 2.75) is 46.5 Å². The van der Waals surface area contributed by atoms with E-state index >= 15 is 0 Å². The lowest BCUT2D eigenvalue weighted by Gasteiger charge is -2.18. The maximum Gasteiger partial charge on any atom is -0.0132 e. The lowest BCUT2D eigenvalue weighted by Crippen LogP contribution is -2.10. The Balaban J connectivity index is 2.85. The largest absolute Gasteiger partial charge is 0.0845 e. The summed E-state index contributed by atoms with van der Waals surface area (Å²) in [7, 11) is 0. The molecule has 0 aliphatic heterocycles. The Kier molecular flexibility index (Phi) is 4.74. The third kappa shape index (κ3) is 4.60. The van der Waals surface area contributed by atoms with Gasteiger partial charge >= 0.3 is 0 Å². The quantitative estimate of drug-likeness (QED) is 0.611. The van der Waals surface area contributed by atoms with E-state index in [0.29, 0.717) is 0 Å². The van der Waals surface area contributed by atoms with Gasteiger partial charge in [-0.3, -0.25) is 0 Å². The average Bonchev–Trinajstić information content (AvgIpc) is 2.26. The van der Waals surface area contributed by atoms with Crippen molar-refractivity contribution in [3.63, 3.8) is 0 Å². The highest BCUT2D eigenvalue weighted by Gasteiger charge is 2.12. The Morgan fingerprint density at radius 2 is 1.71 bits per heavy atom. The summed E-state index contributed by atoms with van der Waals surface area (Å²) >= 11 is 0. The van der Waals surface area contributed by atoms with Gasteiger partial charge in [-0.2, -0.15) is 0 Å². The van der Waals surface area contributed by atoms with Gasteiger partial charge in [0.05, 0.1) is 0 Å². The van der Waals surface area contributed by atoms with Crippen LogP contribution in [0.15, 0.2) is 42.0 Å². The van der Waals surface area contributed by atoms with Crippen molar-refractivity contribution in [3.8, 4) is 0 Å². The van der Waals surface area contributed by atoms with Gasteiger partial charge in [0, 0.05) is 0 Å². The molecule has 0 atom stereocenters. The molecule has 0 amide bonds. The summed E-state index contributed by atoms with van der Waals surface area (Å²) in [5.41, 5.74) is 4.20. The molecule has 0 spiro atoms. The highest BCUT2D eigenvalue weighted by atomic mass is 14.2. The van der Waals surface area contributed by atoms with Crippen molar-refractivity contribution in [1.82, 2.24) is 0 Å². The smallest absolute Gasteiger partial charge is 0.0132 e. The first kappa shape index (κ1) is 13.8. The molecule has 0 unspecified atom stereocenters. The first-order chi connectivity index (χ1) is 7.93. The molecule has 0 N–H and O–H groups in total. The van der Waals surface area contributed by atoms with Gasteiger partial charge in [0.1, 0.15) is 0 Å². The van der Waals surface area contributed by atoms with Crippen molar-refractivity contribution in [2.24, 2.45) is 0 Å². The Morgan fingerprint density at radius 1 is 1.12 bits per heavy atom. The molecule has 0 aliphatic carbocycles. The summed E-state index contributed by atoms with van der Waals surface area (Å²) in [6, 6.07) is 8.85. The van der Waals surface area contributed by atoms with Crippen LogP contribution in [0.4, 0.5) is 0 Å². The van der Waals surface area contributed by atoms with Crippen LogP contribution in [0.3, 0.4) is 0 Å². The molecular formula is C17H24. The Morgan fingerprint density at radius 3 is 2.18 bits per heavy atom. The highest BCUT2D eigenvalue weighted by molar-refractivity contribution is 5.55. The first-order valence-electron chi connectivity index (χ1n) is 6.39. The molecule has 92 valence electrons. The van der Waals surface area contributed by atoms with Crippen LogP contribution in [0.25, 0.3) is 6.08 Å². The molecule has 0 fully saturated rings. The lowest BCUT2D eigenvalue weighted by atomic mass is 9.86. The predicted octanol–water partition coefficient (Wildman–Crippen LogP) is 5.35. The molecule has 0 saturated carbocycles. The average molecular weight is 228 g/mol. The van der Waals surface area contributed by atoms with E-state index < -0.39 is 0 Å². The second-order valence-electron chi connectivity index (χ2n) is 5.57. The van der Waals surface area contributed by atoms with Crippen molar-refractivity contribution in [2.75, 3.05) is 0 Å². The van der Waals surface area contributed by atoms with Crippen LogP contribution in [0.2, 0.25) is 0 Å². The van der Waals surface area contributed by atoms with Gasteiger partial charge in [0.2, 0.25) is 0 Å². The molecule has 0 saturated heterocycles. The molecule has 1 rings (SSSR count). The van der Waals surface area contributed by atoms with Crippen LogP contribution < -0.4 is 0 Å². The van der Waals surface area contributed by atoms with E-state index in [2.05, 4.69) is 77.1 Å². The molecule has 0 radical (unpaired) electrons. The minimum atomic E-state index is 0.236. The zero-order valence-electron chi connectivity index (χ0n) is 11.7. The predicted molar refractivity (Wildman–Crippen MR) is 78.2 cm³/mol. The van der Waals surface area contributed by atoms with Crippen molar-refractivity contribution < 1.29 is 0 Å². The van der Waals surface area contributed by atoms with Gasteiger partial charge in [-0.05, 0) is 29.9 Å². The third-order valence-corrected chi connectivity index (χ3v) is 2.79. The molecule has 1 aromatic carbocycles. The molecular weight excluding hydrogens is 204 g/mol. The van der Waals surface area contributed by atoms with Crippen molar-refractivity contribution >= 4 is 6.08 Å². The van der Waals surface area contributed by atoms with E-state index in [0.717, 1.165) is 6.42 Å². The number of benzene rings is 1. The molecule has 0 nitrogen and oxygen atoms in total. The fourth-order valence-electron chi connectivity index (χ4n) is 1.69. The molecule has 0 heterocycles. The molecule has 1 aromatic rings. The van der Waals surface area contributed by atoms with E-state index in [1.165, 1.54) is 16.7 Å². The summed E-state index contributed by atoms with van der Waals surface area (Å²) in [6.45, 7) is 11.0. The number of hydrogen-bond donors (Lipinski definition) is 0. The monoisotopic (exact) mass is 228 g/mol. The van der Waals surface area contributed by atoms with Crippen LogP contribution in [0, 0.1) is 0 Å². The zero-order chi connectivity index (χ0) is 12.9. The van der Waals surface area contributed by atoms with E-state index in [4.69, 9.17) is 0 Å².